The van der Waals surface area contributed by atoms with Crippen molar-refractivity contribution in [2.24, 2.45) is 5.92 Å². The van der Waals surface area contributed by atoms with Gasteiger partial charge in [-0.1, -0.05) is 0 Å². The summed E-state index contributed by atoms with van der Waals surface area (Å²) in [6, 6.07) is 4.12. The number of carbonyl (C=O) groups is 1. The third kappa shape index (κ3) is 3.85. The van der Waals surface area contributed by atoms with Crippen molar-refractivity contribution in [3.8, 4) is 0 Å². The predicted octanol–water partition coefficient (Wildman–Crippen LogP) is 3.37. The first-order valence-corrected chi connectivity index (χ1v) is 8.85. The summed E-state index contributed by atoms with van der Waals surface area (Å²) in [7, 11) is 0. The van der Waals surface area contributed by atoms with Crippen LogP contribution >= 0.6 is 0 Å². The molecule has 142 valence electrons. The van der Waals surface area contributed by atoms with E-state index in [9.17, 15) is 18.0 Å². The molecule has 0 bridgehead atoms. The van der Waals surface area contributed by atoms with Crippen LogP contribution in [0.1, 0.15) is 48.9 Å². The summed E-state index contributed by atoms with van der Waals surface area (Å²) >= 11 is 0. The molecule has 5 nitrogen and oxygen atoms in total. The number of aromatic nitrogens is 2. The summed E-state index contributed by atoms with van der Waals surface area (Å²) in [6.45, 7) is 5.88. The van der Waals surface area contributed by atoms with E-state index in [0.717, 1.165) is 30.5 Å². The van der Waals surface area contributed by atoms with Crippen LogP contribution in [0.15, 0.2) is 18.2 Å². The molecule has 0 saturated carbocycles. The van der Waals surface area contributed by atoms with Gasteiger partial charge in [0.15, 0.2) is 0 Å². The SMILES string of the molecule is CC(C)n1c(C(F)(F)F)nc2cc(C(=O)NCCC3CCNC3)ccc21. The zero-order valence-electron chi connectivity index (χ0n) is 14.9. The molecule has 3 rings (SSSR count). The number of alkyl halides is 3. The van der Waals surface area contributed by atoms with Crippen molar-refractivity contribution < 1.29 is 18.0 Å². The normalized spacial score (nSPS) is 18.0. The smallest absolute Gasteiger partial charge is 0.352 e. The van der Waals surface area contributed by atoms with Crippen LogP contribution in [0.4, 0.5) is 13.2 Å². The molecule has 8 heteroatoms. The number of carbonyl (C=O) groups excluding carboxylic acids is 1. The zero-order chi connectivity index (χ0) is 18.9. The van der Waals surface area contributed by atoms with E-state index in [2.05, 4.69) is 15.6 Å². The van der Waals surface area contributed by atoms with Crippen LogP contribution in [0.5, 0.6) is 0 Å². The Morgan fingerprint density at radius 1 is 1.42 bits per heavy atom. The maximum Gasteiger partial charge on any atom is 0.449 e. The topological polar surface area (TPSA) is 59.0 Å². The van der Waals surface area contributed by atoms with Crippen molar-refractivity contribution >= 4 is 16.9 Å². The monoisotopic (exact) mass is 368 g/mol. The van der Waals surface area contributed by atoms with E-state index < -0.39 is 18.0 Å². The Kier molecular flexibility index (Phi) is 5.22. The van der Waals surface area contributed by atoms with Crippen LogP contribution in [0.2, 0.25) is 0 Å². The number of hydrogen-bond acceptors (Lipinski definition) is 3. The fraction of sp³-hybridized carbons (Fsp3) is 0.556. The van der Waals surface area contributed by atoms with E-state index in [-0.39, 0.29) is 11.4 Å². The first kappa shape index (κ1) is 18.7. The van der Waals surface area contributed by atoms with Crippen molar-refractivity contribution in [1.82, 2.24) is 20.2 Å². The highest BCUT2D eigenvalue weighted by molar-refractivity contribution is 5.97. The van der Waals surface area contributed by atoms with E-state index >= 15 is 0 Å². The van der Waals surface area contributed by atoms with Crippen LogP contribution in [-0.4, -0.2) is 35.1 Å². The Balaban J connectivity index is 1.79. The van der Waals surface area contributed by atoms with Crippen LogP contribution in [-0.2, 0) is 6.18 Å². The van der Waals surface area contributed by atoms with Gasteiger partial charge in [-0.3, -0.25) is 4.79 Å². The molecule has 1 amide bonds. The number of benzene rings is 1. The summed E-state index contributed by atoms with van der Waals surface area (Å²) < 4.78 is 40.9. The lowest BCUT2D eigenvalue weighted by atomic mass is 10.1. The van der Waals surface area contributed by atoms with E-state index in [1.807, 2.05) is 0 Å². The van der Waals surface area contributed by atoms with E-state index in [4.69, 9.17) is 0 Å². The summed E-state index contributed by atoms with van der Waals surface area (Å²) in [5.41, 5.74) is 0.878. The Labute approximate surface area is 150 Å². The van der Waals surface area contributed by atoms with Gasteiger partial charge in [0, 0.05) is 18.2 Å². The average molecular weight is 368 g/mol. The lowest BCUT2D eigenvalue weighted by Crippen LogP contribution is -2.26. The minimum Gasteiger partial charge on any atom is -0.352 e. The molecule has 1 aromatic heterocycles. The number of fused-ring (bicyclic) bond motifs is 1. The van der Waals surface area contributed by atoms with E-state index in [1.54, 1.807) is 19.9 Å². The second-order valence-electron chi connectivity index (χ2n) is 7.00. The summed E-state index contributed by atoms with van der Waals surface area (Å²) in [5, 5.41) is 6.12. The van der Waals surface area contributed by atoms with Gasteiger partial charge in [0.1, 0.15) is 0 Å². The van der Waals surface area contributed by atoms with Crippen molar-refractivity contribution in [2.45, 2.75) is 38.9 Å². The molecule has 0 radical (unpaired) electrons. The Bertz CT molecular complexity index is 792. The van der Waals surface area contributed by atoms with E-state index in [1.165, 1.54) is 12.1 Å². The molecule has 26 heavy (non-hydrogen) atoms. The fourth-order valence-electron chi connectivity index (χ4n) is 3.42. The van der Waals surface area contributed by atoms with Crippen LogP contribution in [0.25, 0.3) is 11.0 Å². The molecule has 1 aliphatic heterocycles. The highest BCUT2D eigenvalue weighted by atomic mass is 19.4. The molecular formula is C18H23F3N4O. The average Bonchev–Trinajstić information content (AvgIpc) is 3.20. The van der Waals surface area contributed by atoms with Gasteiger partial charge >= 0.3 is 6.18 Å². The Hall–Kier alpha value is -2.09. The second-order valence-corrected chi connectivity index (χ2v) is 7.00. The second kappa shape index (κ2) is 7.26. The molecule has 2 N–H and O–H groups in total. The number of nitrogens with zero attached hydrogens (tertiary/aromatic N) is 2. The summed E-state index contributed by atoms with van der Waals surface area (Å²) in [6.07, 6.45) is -2.54. The third-order valence-corrected chi connectivity index (χ3v) is 4.72. The molecular weight excluding hydrogens is 345 g/mol. The number of amides is 1. The minimum atomic E-state index is -4.54. The van der Waals surface area contributed by atoms with Gasteiger partial charge in [-0.05, 0) is 63.9 Å². The standard InChI is InChI=1S/C18H23F3N4O/c1-11(2)25-15-4-3-13(9-14(15)24-17(25)18(19,20)21)16(26)23-8-6-12-5-7-22-10-12/h3-4,9,11-12,22H,5-8,10H2,1-2H3,(H,23,26). The maximum atomic E-state index is 13.3. The van der Waals surface area contributed by atoms with Gasteiger partial charge in [-0.15, -0.1) is 0 Å². The van der Waals surface area contributed by atoms with Crippen molar-refractivity contribution in [3.63, 3.8) is 0 Å². The van der Waals surface area contributed by atoms with Crippen LogP contribution < -0.4 is 10.6 Å². The quantitative estimate of drug-likeness (QED) is 0.851. The third-order valence-electron chi connectivity index (χ3n) is 4.72. The van der Waals surface area contributed by atoms with Gasteiger partial charge in [0.25, 0.3) is 5.91 Å². The number of hydrogen-bond donors (Lipinski definition) is 2. The zero-order valence-corrected chi connectivity index (χ0v) is 14.9. The molecule has 1 unspecified atom stereocenters. The van der Waals surface area contributed by atoms with Crippen molar-refractivity contribution in [1.29, 1.82) is 0 Å². The molecule has 2 heterocycles. The first-order valence-electron chi connectivity index (χ1n) is 8.85. The highest BCUT2D eigenvalue weighted by Gasteiger charge is 2.38. The molecule has 1 atom stereocenters. The predicted molar refractivity (Wildman–Crippen MR) is 93.0 cm³/mol. The van der Waals surface area contributed by atoms with Gasteiger partial charge in [-0.2, -0.15) is 13.2 Å². The van der Waals surface area contributed by atoms with Gasteiger partial charge in [-0.25, -0.2) is 4.98 Å². The maximum absolute atomic E-state index is 13.3. The van der Waals surface area contributed by atoms with Gasteiger partial charge in [0.05, 0.1) is 11.0 Å². The summed E-state index contributed by atoms with van der Waals surface area (Å²) in [4.78, 5) is 16.0. The molecule has 2 aromatic rings. The highest BCUT2D eigenvalue weighted by Crippen LogP contribution is 2.33. The molecule has 0 aliphatic carbocycles. The molecule has 1 aliphatic rings. The molecule has 1 aromatic carbocycles. The van der Waals surface area contributed by atoms with Gasteiger partial charge in [0.2, 0.25) is 5.82 Å². The number of rotatable bonds is 5. The number of nitrogens with one attached hydrogen (secondary N) is 2. The number of imidazole rings is 1. The van der Waals surface area contributed by atoms with Crippen molar-refractivity contribution in [3.05, 3.63) is 29.6 Å². The summed E-state index contributed by atoms with van der Waals surface area (Å²) in [5.74, 6) is -0.659. The van der Waals surface area contributed by atoms with E-state index in [0.29, 0.717) is 23.5 Å². The molecule has 0 spiro atoms. The number of halogens is 3. The molecule has 1 saturated heterocycles. The van der Waals surface area contributed by atoms with Crippen molar-refractivity contribution in [2.75, 3.05) is 19.6 Å². The lowest BCUT2D eigenvalue weighted by Gasteiger charge is -2.14. The Morgan fingerprint density at radius 2 is 2.19 bits per heavy atom. The van der Waals surface area contributed by atoms with Crippen LogP contribution in [0, 0.1) is 5.92 Å². The Morgan fingerprint density at radius 3 is 2.81 bits per heavy atom. The lowest BCUT2D eigenvalue weighted by molar-refractivity contribution is -0.147. The van der Waals surface area contributed by atoms with Crippen LogP contribution in [0.3, 0.4) is 0 Å². The molecule has 1 fully saturated rings. The minimum absolute atomic E-state index is 0.179. The first-order chi connectivity index (χ1) is 12.3. The fourth-order valence-corrected chi connectivity index (χ4v) is 3.42. The van der Waals surface area contributed by atoms with Gasteiger partial charge < -0.3 is 15.2 Å². The largest absolute Gasteiger partial charge is 0.449 e.